The van der Waals surface area contributed by atoms with Gasteiger partial charge in [-0.3, -0.25) is 9.78 Å². The first-order valence-corrected chi connectivity index (χ1v) is 12.3. The molecule has 5 aromatic rings. The zero-order valence-corrected chi connectivity index (χ0v) is 22.6. The molecule has 7 nitrogen and oxygen atoms in total. The van der Waals surface area contributed by atoms with Crippen molar-refractivity contribution in [3.05, 3.63) is 101 Å². The van der Waals surface area contributed by atoms with E-state index in [4.69, 9.17) is 11.6 Å². The van der Waals surface area contributed by atoms with Crippen LogP contribution in [0.1, 0.15) is 21.7 Å². The van der Waals surface area contributed by atoms with E-state index < -0.39 is 15.9 Å². The number of rotatable bonds is 5. The first-order valence-electron chi connectivity index (χ1n) is 10.4. The Bertz CT molecular complexity index is 1680. The normalized spacial score (nSPS) is 11.4. The summed E-state index contributed by atoms with van der Waals surface area (Å²) in [4.78, 5) is 21.7. The van der Waals surface area contributed by atoms with Crippen LogP contribution in [0.5, 0.6) is 0 Å². The molecule has 0 saturated heterocycles. The molecule has 1 amide bonds. The van der Waals surface area contributed by atoms with Crippen LogP contribution in [0.25, 0.3) is 21.9 Å². The average Bonchev–Trinajstić information content (AvgIpc) is 3.14. The van der Waals surface area contributed by atoms with Gasteiger partial charge in [0.15, 0.2) is 0 Å². The molecule has 10 heteroatoms. The number of pyridine rings is 1. The number of nitrogens with one attached hydrogen (secondary N) is 1. The molecule has 2 heterocycles. The quantitative estimate of drug-likeness (QED) is 0.361. The molecule has 5 rings (SSSR count). The molecule has 0 aliphatic heterocycles. The van der Waals surface area contributed by atoms with Crippen molar-refractivity contribution in [3.8, 4) is 0 Å². The first kappa shape index (κ1) is 25.3. The zero-order valence-electron chi connectivity index (χ0n) is 19.1. The van der Waals surface area contributed by atoms with Crippen LogP contribution in [0, 0.1) is 6.92 Å². The molecule has 2 aromatic heterocycles. The number of hydrogen-bond acceptors (Lipinski definition) is 5. The minimum Gasteiger partial charge on any atom is -0.324 e. The Kier molecular flexibility index (Phi) is 7.30. The predicted octanol–water partition coefficient (Wildman–Crippen LogP) is 1.72. The summed E-state index contributed by atoms with van der Waals surface area (Å²) in [5.41, 5.74) is 2.81. The van der Waals surface area contributed by atoms with Gasteiger partial charge in [-0.1, -0.05) is 48.0 Å². The Balaban J connectivity index is 0.00000289. The largest absolute Gasteiger partial charge is 1.00 e. The fourth-order valence-electron chi connectivity index (χ4n) is 3.91. The molecular weight excluding hydrogens is 495 g/mol. The molecule has 0 unspecified atom stereocenters. The fourth-order valence-corrected chi connectivity index (χ4v) is 5.26. The van der Waals surface area contributed by atoms with Crippen molar-refractivity contribution in [2.75, 3.05) is 0 Å². The van der Waals surface area contributed by atoms with E-state index in [1.165, 1.54) is 12.3 Å². The second-order valence-corrected chi connectivity index (χ2v) is 9.86. The second-order valence-electron chi connectivity index (χ2n) is 7.81. The van der Waals surface area contributed by atoms with Gasteiger partial charge in [0.25, 0.3) is 15.9 Å². The van der Waals surface area contributed by atoms with Crippen LogP contribution in [0.2, 0.25) is 5.02 Å². The number of fused-ring (bicyclic) bond motifs is 2. The van der Waals surface area contributed by atoms with E-state index in [0.717, 1.165) is 11.4 Å². The fraction of sp³-hybridized carbons (Fsp3) is 0.0800. The Labute approximate surface area is 229 Å². The number of amides is 1. The zero-order chi connectivity index (χ0) is 23.9. The Hall–Kier alpha value is -2.75. The molecule has 0 aliphatic carbocycles. The van der Waals surface area contributed by atoms with Gasteiger partial charge < -0.3 is 4.57 Å². The number of aryl methyl sites for hydroxylation is 1. The second kappa shape index (κ2) is 10.1. The molecule has 3 aromatic carbocycles. The maximum Gasteiger partial charge on any atom is 1.00 e. The molecule has 35 heavy (non-hydrogen) atoms. The van der Waals surface area contributed by atoms with E-state index >= 15 is 0 Å². The molecule has 0 aliphatic rings. The van der Waals surface area contributed by atoms with Crippen LogP contribution >= 0.6 is 11.6 Å². The van der Waals surface area contributed by atoms with Crippen LogP contribution < -0.4 is 34.3 Å². The first-order chi connectivity index (χ1) is 16.3. The Morgan fingerprint density at radius 2 is 1.80 bits per heavy atom. The van der Waals surface area contributed by atoms with Gasteiger partial charge in [-0.15, -0.1) is 0 Å². The van der Waals surface area contributed by atoms with Gasteiger partial charge in [-0.25, -0.2) is 18.1 Å². The third-order valence-electron chi connectivity index (χ3n) is 5.60. The molecule has 0 radical (unpaired) electrons. The number of imidazole rings is 1. The minimum atomic E-state index is -4.15. The summed E-state index contributed by atoms with van der Waals surface area (Å²) in [6.07, 6.45) is 1.51. The number of carbonyl (C=O) groups excluding carboxylic acids is 1. The van der Waals surface area contributed by atoms with Gasteiger partial charge in [-0.2, -0.15) is 0 Å². The summed E-state index contributed by atoms with van der Waals surface area (Å²) in [6.45, 7) is 2.33. The topological polar surface area (TPSA) is 93.9 Å². The maximum atomic E-state index is 13.0. The third kappa shape index (κ3) is 4.98. The van der Waals surface area contributed by atoms with Gasteiger partial charge in [0.05, 0.1) is 23.1 Å². The number of carbonyl (C=O) groups is 1. The van der Waals surface area contributed by atoms with Crippen molar-refractivity contribution in [1.82, 2.24) is 19.3 Å². The molecule has 1 N–H and O–H groups in total. The number of aromatic nitrogens is 3. The van der Waals surface area contributed by atoms with Crippen LogP contribution in [0.3, 0.4) is 0 Å². The summed E-state index contributed by atoms with van der Waals surface area (Å²) in [5.74, 6) is 0.0138. The Morgan fingerprint density at radius 3 is 2.60 bits per heavy atom. The Morgan fingerprint density at radius 1 is 1.03 bits per heavy atom. The van der Waals surface area contributed by atoms with Gasteiger partial charge >= 0.3 is 29.6 Å². The van der Waals surface area contributed by atoms with Crippen LogP contribution in [-0.2, 0) is 16.6 Å². The van der Waals surface area contributed by atoms with E-state index in [9.17, 15) is 13.2 Å². The van der Waals surface area contributed by atoms with E-state index in [1.54, 1.807) is 42.5 Å². The number of para-hydroxylation sites is 1. The SMILES string of the molecule is Cc1nc2ccc(C(=O)NS(=O)(=O)c3cccc4cccnc34)cc2n1Cc1ccccc1Cl.[Na+]. The summed E-state index contributed by atoms with van der Waals surface area (Å²) in [6, 6.07) is 20.7. The summed E-state index contributed by atoms with van der Waals surface area (Å²) < 4.78 is 30.2. The predicted molar refractivity (Wildman–Crippen MR) is 131 cm³/mol. The van der Waals surface area contributed by atoms with Crippen molar-refractivity contribution in [2.24, 2.45) is 0 Å². The minimum absolute atomic E-state index is 0. The van der Waals surface area contributed by atoms with Crippen molar-refractivity contribution in [1.29, 1.82) is 0 Å². The molecule has 0 saturated carbocycles. The average molecular weight is 514 g/mol. The number of sulfonamides is 1. The van der Waals surface area contributed by atoms with Gasteiger partial charge in [0.1, 0.15) is 10.7 Å². The summed E-state index contributed by atoms with van der Waals surface area (Å²) in [7, 11) is -4.15. The van der Waals surface area contributed by atoms with Crippen molar-refractivity contribution < 1.29 is 42.8 Å². The van der Waals surface area contributed by atoms with Crippen LogP contribution in [-0.4, -0.2) is 28.9 Å². The van der Waals surface area contributed by atoms with E-state index in [2.05, 4.69) is 14.7 Å². The summed E-state index contributed by atoms with van der Waals surface area (Å²) in [5, 5.41) is 1.30. The third-order valence-corrected chi connectivity index (χ3v) is 7.33. The van der Waals surface area contributed by atoms with E-state index in [1.807, 2.05) is 35.8 Å². The van der Waals surface area contributed by atoms with Crippen molar-refractivity contribution in [2.45, 2.75) is 18.4 Å². The molecule has 170 valence electrons. The van der Waals surface area contributed by atoms with Gasteiger partial charge in [0.2, 0.25) is 0 Å². The van der Waals surface area contributed by atoms with Crippen LogP contribution in [0.4, 0.5) is 0 Å². The van der Waals surface area contributed by atoms with Crippen LogP contribution in [0.15, 0.2) is 83.9 Å². The molecule has 0 atom stereocenters. The summed E-state index contributed by atoms with van der Waals surface area (Å²) >= 11 is 6.33. The number of nitrogens with zero attached hydrogens (tertiary/aromatic N) is 3. The monoisotopic (exact) mass is 513 g/mol. The molecule has 0 fully saturated rings. The standard InChI is InChI=1S/C25H19ClN4O3S.Na/c1-16-28-21-12-11-18(14-22(21)30(16)15-19-6-2-3-9-20(19)26)25(31)29-34(32,33)23-10-4-7-17-8-5-13-27-24(17)23;/h2-14H,15H2,1H3,(H,29,31);/q;+1. The smallest absolute Gasteiger partial charge is 0.324 e. The molecule has 0 bridgehead atoms. The van der Waals surface area contributed by atoms with Gasteiger partial charge in [-0.05, 0) is 48.9 Å². The van der Waals surface area contributed by atoms with Crippen molar-refractivity contribution in [3.63, 3.8) is 0 Å². The number of benzene rings is 3. The number of hydrogen-bond donors (Lipinski definition) is 1. The molecular formula is C25H19ClN4NaO3S+. The van der Waals surface area contributed by atoms with E-state index in [-0.39, 0.29) is 40.0 Å². The molecule has 0 spiro atoms. The number of halogens is 1. The van der Waals surface area contributed by atoms with Gasteiger partial charge in [0, 0.05) is 22.2 Å². The van der Waals surface area contributed by atoms with Crippen molar-refractivity contribution >= 4 is 49.5 Å². The van der Waals surface area contributed by atoms with E-state index in [0.29, 0.717) is 33.5 Å². The maximum absolute atomic E-state index is 13.0.